The van der Waals surface area contributed by atoms with Gasteiger partial charge in [0.25, 0.3) is 0 Å². The van der Waals surface area contributed by atoms with Crippen LogP contribution in [0.2, 0.25) is 0 Å². The van der Waals surface area contributed by atoms with Crippen LogP contribution in [0.4, 0.5) is 0 Å². The average Bonchev–Trinajstić information content (AvgIpc) is 2.57. The first-order chi connectivity index (χ1) is 11.2. The molecule has 0 unspecified atom stereocenters. The van der Waals surface area contributed by atoms with Gasteiger partial charge in [0.15, 0.2) is 0 Å². The van der Waals surface area contributed by atoms with E-state index in [0.29, 0.717) is 6.61 Å². The van der Waals surface area contributed by atoms with Gasteiger partial charge in [-0.2, -0.15) is 0 Å². The Kier molecular flexibility index (Phi) is 17.3. The van der Waals surface area contributed by atoms with E-state index >= 15 is 0 Å². The van der Waals surface area contributed by atoms with E-state index in [4.69, 9.17) is 15.6 Å². The average molecular weight is 330 g/mol. The number of carbonyl (C=O) groups excluding carboxylic acids is 1. The van der Waals surface area contributed by atoms with Crippen LogP contribution in [0, 0.1) is 0 Å². The predicted molar refractivity (Wildman–Crippen MR) is 96.3 cm³/mol. The number of unbranched alkanes of at least 4 members (excludes halogenated alkanes) is 13. The monoisotopic (exact) mass is 329 g/mol. The maximum Gasteiger partial charge on any atom is 0.325 e. The van der Waals surface area contributed by atoms with Gasteiger partial charge in [0.05, 0.1) is 13.2 Å². The minimum Gasteiger partial charge on any atom is -0.464 e. The Labute approximate surface area is 143 Å². The molecule has 138 valence electrons. The third-order valence-corrected chi connectivity index (χ3v) is 4.24. The lowest BCUT2D eigenvalue weighted by atomic mass is 10.0. The molecule has 0 heterocycles. The van der Waals surface area contributed by atoms with Crippen molar-refractivity contribution in [1.29, 1.82) is 0 Å². The van der Waals surface area contributed by atoms with Crippen molar-refractivity contribution >= 4 is 5.97 Å². The van der Waals surface area contributed by atoms with Crippen molar-refractivity contribution in [2.24, 2.45) is 5.73 Å². The Morgan fingerprint density at radius 2 is 1.22 bits per heavy atom. The third-order valence-electron chi connectivity index (χ3n) is 4.24. The van der Waals surface area contributed by atoms with E-state index in [2.05, 4.69) is 6.92 Å². The molecule has 0 saturated carbocycles. The summed E-state index contributed by atoms with van der Waals surface area (Å²) in [7, 11) is 0. The molecule has 0 saturated heterocycles. The maximum atomic E-state index is 11.2. The fourth-order valence-electron chi connectivity index (χ4n) is 2.65. The summed E-state index contributed by atoms with van der Waals surface area (Å²) in [6, 6.07) is -0.887. The Bertz CT molecular complexity index is 259. The number of carbonyl (C=O) groups is 1. The molecule has 0 bridgehead atoms. The molecular weight excluding hydrogens is 290 g/mol. The van der Waals surface area contributed by atoms with Gasteiger partial charge in [0.1, 0.15) is 6.04 Å². The minimum atomic E-state index is -0.887. The first kappa shape index (κ1) is 22.4. The first-order valence-electron chi connectivity index (χ1n) is 9.75. The highest BCUT2D eigenvalue weighted by molar-refractivity contribution is 5.75. The highest BCUT2D eigenvalue weighted by Crippen LogP contribution is 2.12. The molecule has 0 spiro atoms. The fraction of sp³-hybridized carbons (Fsp3) is 0.947. The van der Waals surface area contributed by atoms with Crippen molar-refractivity contribution in [2.75, 3.05) is 13.2 Å². The van der Waals surface area contributed by atoms with Crippen LogP contribution in [-0.2, 0) is 9.53 Å². The third kappa shape index (κ3) is 16.0. The van der Waals surface area contributed by atoms with Crippen molar-refractivity contribution in [3.05, 3.63) is 0 Å². The van der Waals surface area contributed by atoms with Gasteiger partial charge < -0.3 is 15.6 Å². The van der Waals surface area contributed by atoms with Crippen LogP contribution in [0.3, 0.4) is 0 Å². The van der Waals surface area contributed by atoms with Gasteiger partial charge in [-0.1, -0.05) is 90.4 Å². The van der Waals surface area contributed by atoms with Crippen LogP contribution >= 0.6 is 0 Å². The molecule has 0 aromatic rings. The van der Waals surface area contributed by atoms with E-state index < -0.39 is 12.0 Å². The summed E-state index contributed by atoms with van der Waals surface area (Å²) in [5.74, 6) is -0.498. The number of esters is 1. The van der Waals surface area contributed by atoms with Gasteiger partial charge >= 0.3 is 5.97 Å². The lowest BCUT2D eigenvalue weighted by Crippen LogP contribution is -2.35. The Morgan fingerprint density at radius 3 is 1.61 bits per heavy atom. The smallest absolute Gasteiger partial charge is 0.325 e. The van der Waals surface area contributed by atoms with Crippen LogP contribution in [0.1, 0.15) is 96.8 Å². The topological polar surface area (TPSA) is 72.5 Å². The van der Waals surface area contributed by atoms with Gasteiger partial charge in [-0.05, 0) is 6.42 Å². The van der Waals surface area contributed by atoms with Gasteiger partial charge in [0.2, 0.25) is 0 Å². The number of rotatable bonds is 17. The van der Waals surface area contributed by atoms with Gasteiger partial charge in [-0.15, -0.1) is 0 Å². The minimum absolute atomic E-state index is 0.350. The molecule has 0 aliphatic carbocycles. The lowest BCUT2D eigenvalue weighted by Gasteiger charge is -2.08. The Morgan fingerprint density at radius 1 is 0.826 bits per heavy atom. The number of hydrogen-bond acceptors (Lipinski definition) is 4. The molecule has 0 radical (unpaired) electrons. The van der Waals surface area contributed by atoms with Crippen molar-refractivity contribution < 1.29 is 14.6 Å². The Hall–Kier alpha value is -0.610. The van der Waals surface area contributed by atoms with Crippen molar-refractivity contribution in [3.63, 3.8) is 0 Å². The second kappa shape index (κ2) is 17.7. The summed E-state index contributed by atoms with van der Waals surface area (Å²) in [4.78, 5) is 11.2. The quantitative estimate of drug-likeness (QED) is 0.308. The molecule has 1 atom stereocenters. The summed E-state index contributed by atoms with van der Waals surface area (Å²) in [6.45, 7) is 2.33. The molecule has 0 amide bonds. The standard InChI is InChI=1S/C19H39NO3/c1-2-3-4-5-6-7-8-9-10-11-12-13-14-15-16-23-19(22)18(20)17-21/h18,21H,2-17,20H2,1H3/t18-/m0/s1. The number of aliphatic hydroxyl groups is 1. The van der Waals surface area contributed by atoms with Crippen molar-refractivity contribution in [3.8, 4) is 0 Å². The molecule has 0 aromatic carbocycles. The van der Waals surface area contributed by atoms with Crippen LogP contribution < -0.4 is 5.73 Å². The van der Waals surface area contributed by atoms with Crippen LogP contribution in [-0.4, -0.2) is 30.3 Å². The number of ether oxygens (including phenoxy) is 1. The number of nitrogens with two attached hydrogens (primary N) is 1. The summed E-state index contributed by atoms with van der Waals surface area (Å²) >= 11 is 0. The summed E-state index contributed by atoms with van der Waals surface area (Å²) in [5, 5.41) is 8.70. The molecule has 4 nitrogen and oxygen atoms in total. The predicted octanol–water partition coefficient (Wildman–Crippen LogP) is 4.33. The zero-order valence-electron chi connectivity index (χ0n) is 15.2. The van der Waals surface area contributed by atoms with E-state index in [1.165, 1.54) is 77.0 Å². The highest BCUT2D eigenvalue weighted by atomic mass is 16.5. The van der Waals surface area contributed by atoms with Gasteiger partial charge in [-0.3, -0.25) is 4.79 Å². The normalized spacial score (nSPS) is 12.3. The van der Waals surface area contributed by atoms with Crippen LogP contribution in [0.25, 0.3) is 0 Å². The zero-order valence-corrected chi connectivity index (χ0v) is 15.2. The van der Waals surface area contributed by atoms with Crippen molar-refractivity contribution in [2.45, 2.75) is 103 Å². The molecule has 0 aromatic heterocycles. The second-order valence-electron chi connectivity index (χ2n) is 6.55. The molecule has 0 aliphatic rings. The van der Waals surface area contributed by atoms with Gasteiger partial charge in [0, 0.05) is 0 Å². The van der Waals surface area contributed by atoms with E-state index in [1.807, 2.05) is 0 Å². The lowest BCUT2D eigenvalue weighted by molar-refractivity contribution is -0.146. The van der Waals surface area contributed by atoms with Crippen LogP contribution in [0.15, 0.2) is 0 Å². The summed E-state index contributed by atoms with van der Waals surface area (Å²) in [5.41, 5.74) is 5.35. The first-order valence-corrected chi connectivity index (χ1v) is 9.75. The molecule has 23 heavy (non-hydrogen) atoms. The van der Waals surface area contributed by atoms with Crippen molar-refractivity contribution in [1.82, 2.24) is 0 Å². The SMILES string of the molecule is CCCCCCCCCCCCCCCCOC(=O)[C@@H](N)CO. The molecular formula is C19H39NO3. The summed E-state index contributed by atoms with van der Waals surface area (Å²) in [6.07, 6.45) is 18.3. The van der Waals surface area contributed by atoms with E-state index in [9.17, 15) is 4.79 Å². The molecule has 0 aliphatic heterocycles. The van der Waals surface area contributed by atoms with E-state index in [-0.39, 0.29) is 6.61 Å². The summed E-state index contributed by atoms with van der Waals surface area (Å²) < 4.78 is 4.98. The largest absolute Gasteiger partial charge is 0.464 e. The van der Waals surface area contributed by atoms with E-state index in [1.54, 1.807) is 0 Å². The van der Waals surface area contributed by atoms with Crippen LogP contribution in [0.5, 0.6) is 0 Å². The van der Waals surface area contributed by atoms with Gasteiger partial charge in [-0.25, -0.2) is 0 Å². The zero-order chi connectivity index (χ0) is 17.2. The maximum absolute atomic E-state index is 11.2. The molecule has 0 rings (SSSR count). The van der Waals surface area contributed by atoms with E-state index in [0.717, 1.165) is 12.8 Å². The fourth-order valence-corrected chi connectivity index (χ4v) is 2.65. The number of aliphatic hydroxyl groups excluding tert-OH is 1. The Balaban J connectivity index is 3.09. The number of hydrogen-bond donors (Lipinski definition) is 2. The highest BCUT2D eigenvalue weighted by Gasteiger charge is 2.12. The second-order valence-corrected chi connectivity index (χ2v) is 6.55. The molecule has 4 heteroatoms. The molecule has 3 N–H and O–H groups in total. The molecule has 0 fully saturated rings.